The van der Waals surface area contributed by atoms with E-state index < -0.39 is 6.10 Å². The maximum absolute atomic E-state index is 11.9. The second-order valence-electron chi connectivity index (χ2n) is 4.39. The Morgan fingerprint density at radius 2 is 1.86 bits per heavy atom. The van der Waals surface area contributed by atoms with Gasteiger partial charge in [0.25, 0.3) is 5.91 Å². The highest BCUT2D eigenvalue weighted by Crippen LogP contribution is 2.09. The zero-order valence-electron chi connectivity index (χ0n) is 11.8. The summed E-state index contributed by atoms with van der Waals surface area (Å²) in [6.45, 7) is 0.569. The number of rotatable bonds is 5. The Hall–Kier alpha value is -1.66. The largest absolute Gasteiger partial charge is 0.385 e. The molecule has 0 fully saturated rings. The molecule has 2 aromatic rings. The van der Waals surface area contributed by atoms with Crippen molar-refractivity contribution in [2.75, 3.05) is 6.54 Å². The highest BCUT2D eigenvalue weighted by molar-refractivity contribution is 5.93. The molecule has 0 radical (unpaired) electrons. The molecule has 0 spiro atoms. The molecule has 120 valence electrons. The summed E-state index contributed by atoms with van der Waals surface area (Å²) in [5, 5.41) is 12.3. The summed E-state index contributed by atoms with van der Waals surface area (Å²) in [5.41, 5.74) is 7.29. The van der Waals surface area contributed by atoms with Gasteiger partial charge in [-0.1, -0.05) is 30.3 Å². The first-order valence-corrected chi connectivity index (χ1v) is 6.37. The lowest BCUT2D eigenvalue weighted by Gasteiger charge is -2.08. The molecule has 5 nitrogen and oxygen atoms in total. The van der Waals surface area contributed by atoms with Crippen LogP contribution in [-0.4, -0.2) is 22.5 Å². The molecule has 1 heterocycles. The van der Waals surface area contributed by atoms with Crippen molar-refractivity contribution >= 4 is 30.7 Å². The summed E-state index contributed by atoms with van der Waals surface area (Å²) in [6, 6.07) is 12.9. The molecular weight excluding hydrogens is 325 g/mol. The topological polar surface area (TPSA) is 88.2 Å². The van der Waals surface area contributed by atoms with Crippen molar-refractivity contribution in [3.8, 4) is 0 Å². The number of pyridine rings is 1. The normalized spacial score (nSPS) is 10.8. The minimum absolute atomic E-state index is 0. The lowest BCUT2D eigenvalue weighted by Crippen LogP contribution is -2.23. The van der Waals surface area contributed by atoms with Crippen LogP contribution in [0.5, 0.6) is 0 Å². The van der Waals surface area contributed by atoms with Gasteiger partial charge in [0, 0.05) is 19.3 Å². The zero-order valence-corrected chi connectivity index (χ0v) is 13.4. The molecule has 22 heavy (non-hydrogen) atoms. The fraction of sp³-hybridized carbons (Fsp3) is 0.200. The van der Waals surface area contributed by atoms with Crippen molar-refractivity contribution in [3.05, 3.63) is 65.5 Å². The van der Waals surface area contributed by atoms with Crippen molar-refractivity contribution < 1.29 is 9.90 Å². The number of carbonyl (C=O) groups excluding carboxylic acids is 1. The Kier molecular flexibility index (Phi) is 9.37. The molecule has 0 saturated carbocycles. The number of carbonyl (C=O) groups is 1. The van der Waals surface area contributed by atoms with Crippen LogP contribution >= 0.6 is 24.8 Å². The lowest BCUT2D eigenvalue weighted by atomic mass is 10.2. The maximum atomic E-state index is 11.9. The summed E-state index contributed by atoms with van der Waals surface area (Å²) < 4.78 is 0. The fourth-order valence-corrected chi connectivity index (χ4v) is 1.74. The van der Waals surface area contributed by atoms with Crippen molar-refractivity contribution in [2.45, 2.75) is 12.6 Å². The predicted octanol–water partition coefficient (Wildman–Crippen LogP) is 1.85. The van der Waals surface area contributed by atoms with E-state index in [0.717, 1.165) is 5.56 Å². The standard InChI is InChI=1S/C15H17N3O2.2ClH/c16-8-14(19)13-7-6-12(10-17-13)15(20)18-9-11-4-2-1-3-5-11;;/h1-7,10,14,19H,8-9,16H2,(H,18,20);2*1H. The van der Waals surface area contributed by atoms with Crippen LogP contribution in [0.15, 0.2) is 48.7 Å². The maximum Gasteiger partial charge on any atom is 0.253 e. The summed E-state index contributed by atoms with van der Waals surface area (Å²) in [4.78, 5) is 16.0. The summed E-state index contributed by atoms with van der Waals surface area (Å²) in [7, 11) is 0. The van der Waals surface area contributed by atoms with Gasteiger partial charge < -0.3 is 16.2 Å². The van der Waals surface area contributed by atoms with E-state index in [1.165, 1.54) is 6.20 Å². The average molecular weight is 344 g/mol. The van der Waals surface area contributed by atoms with Crippen LogP contribution in [0.3, 0.4) is 0 Å². The Bertz CT molecular complexity index is 565. The molecule has 0 aliphatic carbocycles. The fourth-order valence-electron chi connectivity index (χ4n) is 1.74. The minimum atomic E-state index is -0.795. The number of aromatic nitrogens is 1. The van der Waals surface area contributed by atoms with E-state index in [-0.39, 0.29) is 37.3 Å². The second-order valence-corrected chi connectivity index (χ2v) is 4.39. The number of amides is 1. The highest BCUT2D eigenvalue weighted by Gasteiger charge is 2.09. The van der Waals surface area contributed by atoms with E-state index >= 15 is 0 Å². The van der Waals surface area contributed by atoms with Crippen LogP contribution in [0.4, 0.5) is 0 Å². The Morgan fingerprint density at radius 1 is 1.18 bits per heavy atom. The molecule has 4 N–H and O–H groups in total. The van der Waals surface area contributed by atoms with Crippen LogP contribution in [0.25, 0.3) is 0 Å². The van der Waals surface area contributed by atoms with E-state index in [4.69, 9.17) is 5.73 Å². The van der Waals surface area contributed by atoms with Gasteiger partial charge >= 0.3 is 0 Å². The lowest BCUT2D eigenvalue weighted by molar-refractivity contribution is 0.0950. The number of hydrogen-bond donors (Lipinski definition) is 3. The number of benzene rings is 1. The van der Waals surface area contributed by atoms with Gasteiger partial charge in [0.05, 0.1) is 11.3 Å². The van der Waals surface area contributed by atoms with E-state index in [9.17, 15) is 9.90 Å². The molecular formula is C15H19Cl2N3O2. The van der Waals surface area contributed by atoms with E-state index in [1.54, 1.807) is 12.1 Å². The first-order valence-electron chi connectivity index (χ1n) is 6.37. The number of aliphatic hydroxyl groups is 1. The van der Waals surface area contributed by atoms with E-state index in [2.05, 4.69) is 10.3 Å². The number of halogens is 2. The Morgan fingerprint density at radius 3 is 2.41 bits per heavy atom. The number of aliphatic hydroxyl groups excluding tert-OH is 1. The molecule has 0 aliphatic rings. The van der Waals surface area contributed by atoms with Crippen LogP contribution < -0.4 is 11.1 Å². The van der Waals surface area contributed by atoms with Crippen LogP contribution in [0, 0.1) is 0 Å². The quantitative estimate of drug-likeness (QED) is 0.772. The Labute approximate surface area is 141 Å². The van der Waals surface area contributed by atoms with Gasteiger partial charge in [-0.25, -0.2) is 0 Å². The zero-order chi connectivity index (χ0) is 14.4. The van der Waals surface area contributed by atoms with Gasteiger partial charge in [0.1, 0.15) is 6.10 Å². The average Bonchev–Trinajstić information content (AvgIpc) is 2.53. The first kappa shape index (κ1) is 20.3. The number of nitrogens with two attached hydrogens (primary N) is 1. The van der Waals surface area contributed by atoms with Crippen LogP contribution in [0.2, 0.25) is 0 Å². The first-order chi connectivity index (χ1) is 9.70. The molecule has 1 atom stereocenters. The molecule has 0 saturated heterocycles. The van der Waals surface area contributed by atoms with Gasteiger partial charge in [-0.2, -0.15) is 0 Å². The van der Waals surface area contributed by atoms with Crippen molar-refractivity contribution in [2.24, 2.45) is 5.73 Å². The van der Waals surface area contributed by atoms with Gasteiger partial charge in [0.15, 0.2) is 0 Å². The third-order valence-corrected chi connectivity index (χ3v) is 2.91. The van der Waals surface area contributed by atoms with Gasteiger partial charge in [-0.15, -0.1) is 24.8 Å². The molecule has 1 aromatic heterocycles. The van der Waals surface area contributed by atoms with E-state index in [0.29, 0.717) is 17.8 Å². The van der Waals surface area contributed by atoms with E-state index in [1.807, 2.05) is 30.3 Å². The smallest absolute Gasteiger partial charge is 0.253 e. The number of nitrogens with one attached hydrogen (secondary N) is 1. The number of nitrogens with zero attached hydrogens (tertiary/aromatic N) is 1. The SMILES string of the molecule is Cl.Cl.NCC(O)c1ccc(C(=O)NCc2ccccc2)cn1. The molecule has 0 aliphatic heterocycles. The third kappa shape index (κ3) is 5.61. The van der Waals surface area contributed by atoms with Gasteiger partial charge in [-0.05, 0) is 17.7 Å². The molecule has 1 aromatic carbocycles. The van der Waals surface area contributed by atoms with Crippen molar-refractivity contribution in [3.63, 3.8) is 0 Å². The van der Waals surface area contributed by atoms with Gasteiger partial charge in [-0.3, -0.25) is 9.78 Å². The summed E-state index contributed by atoms with van der Waals surface area (Å²) >= 11 is 0. The third-order valence-electron chi connectivity index (χ3n) is 2.91. The monoisotopic (exact) mass is 343 g/mol. The van der Waals surface area contributed by atoms with Crippen LogP contribution in [0.1, 0.15) is 27.7 Å². The number of hydrogen-bond acceptors (Lipinski definition) is 4. The molecule has 7 heteroatoms. The van der Waals surface area contributed by atoms with Gasteiger partial charge in [0.2, 0.25) is 0 Å². The molecule has 1 amide bonds. The highest BCUT2D eigenvalue weighted by atomic mass is 35.5. The summed E-state index contributed by atoms with van der Waals surface area (Å²) in [5.74, 6) is -0.199. The van der Waals surface area contributed by atoms with Crippen LogP contribution in [-0.2, 0) is 6.54 Å². The minimum Gasteiger partial charge on any atom is -0.385 e. The molecule has 0 bridgehead atoms. The predicted molar refractivity (Wildman–Crippen MR) is 90.4 cm³/mol. The Balaban J connectivity index is 0.00000220. The summed E-state index contributed by atoms with van der Waals surface area (Å²) in [6.07, 6.45) is 0.644. The molecule has 1 unspecified atom stereocenters. The molecule has 2 rings (SSSR count). The second kappa shape index (κ2) is 10.1. The van der Waals surface area contributed by atoms with Crippen molar-refractivity contribution in [1.82, 2.24) is 10.3 Å². The van der Waals surface area contributed by atoms with Crippen molar-refractivity contribution in [1.29, 1.82) is 0 Å².